The zero-order valence-electron chi connectivity index (χ0n) is 14.9. The van der Waals surface area contributed by atoms with E-state index < -0.39 is 0 Å². The molecule has 1 fully saturated rings. The maximum Gasteiger partial charge on any atom is 0.319 e. The van der Waals surface area contributed by atoms with Gasteiger partial charge in [-0.1, -0.05) is 17.7 Å². The van der Waals surface area contributed by atoms with Gasteiger partial charge in [0.25, 0.3) is 5.91 Å². The number of carbonyl (C=O) groups excluding carboxylic acids is 2. The van der Waals surface area contributed by atoms with Gasteiger partial charge in [0.15, 0.2) is 0 Å². The van der Waals surface area contributed by atoms with E-state index in [1.54, 1.807) is 12.1 Å². The van der Waals surface area contributed by atoms with Gasteiger partial charge in [0.1, 0.15) is 0 Å². The molecule has 3 amide bonds. The van der Waals surface area contributed by atoms with Crippen molar-refractivity contribution in [3.05, 3.63) is 41.0 Å². The summed E-state index contributed by atoms with van der Waals surface area (Å²) in [4.78, 5) is 24.3. The Kier molecular flexibility index (Phi) is 5.74. The second-order valence-corrected chi connectivity index (χ2v) is 7.02. The van der Waals surface area contributed by atoms with Gasteiger partial charge in [-0.3, -0.25) is 4.79 Å². The molecule has 0 aromatic heterocycles. The molecule has 0 spiro atoms. The lowest BCUT2D eigenvalue weighted by Gasteiger charge is -2.14. The van der Waals surface area contributed by atoms with Crippen LogP contribution in [0.15, 0.2) is 29.8 Å². The number of hydrogen-bond acceptors (Lipinski definition) is 2. The Bertz CT molecular complexity index is 678. The summed E-state index contributed by atoms with van der Waals surface area (Å²) in [7, 11) is 0. The van der Waals surface area contributed by atoms with Crippen LogP contribution in [0.3, 0.4) is 0 Å². The summed E-state index contributed by atoms with van der Waals surface area (Å²) in [6.45, 7) is 2.56. The van der Waals surface area contributed by atoms with Crippen LogP contribution in [0.1, 0.15) is 60.9 Å². The van der Waals surface area contributed by atoms with E-state index in [1.807, 2.05) is 13.0 Å². The number of nitrogens with one attached hydrogen (secondary N) is 3. The minimum Gasteiger partial charge on any atom is -0.349 e. The fraction of sp³-hybridized carbons (Fsp3) is 0.500. The van der Waals surface area contributed by atoms with Crippen molar-refractivity contribution in [2.75, 3.05) is 11.9 Å². The van der Waals surface area contributed by atoms with Gasteiger partial charge in [0.05, 0.1) is 0 Å². The summed E-state index contributed by atoms with van der Waals surface area (Å²) in [5.74, 6) is -0.0739. The first-order chi connectivity index (χ1) is 12.1. The molecule has 1 aromatic carbocycles. The molecule has 2 aliphatic carbocycles. The van der Waals surface area contributed by atoms with Crippen molar-refractivity contribution in [3.63, 3.8) is 0 Å². The lowest BCUT2D eigenvalue weighted by molar-refractivity contribution is 0.0951. The highest BCUT2D eigenvalue weighted by molar-refractivity contribution is 5.97. The first-order valence-corrected chi connectivity index (χ1v) is 9.26. The van der Waals surface area contributed by atoms with E-state index in [9.17, 15) is 9.59 Å². The molecule has 0 bridgehead atoms. The summed E-state index contributed by atoms with van der Waals surface area (Å²) < 4.78 is 0. The van der Waals surface area contributed by atoms with Gasteiger partial charge in [0.2, 0.25) is 0 Å². The van der Waals surface area contributed by atoms with E-state index in [-0.39, 0.29) is 11.9 Å². The molecule has 5 nitrogen and oxygen atoms in total. The van der Waals surface area contributed by atoms with Gasteiger partial charge in [-0.05, 0) is 69.6 Å². The maximum atomic E-state index is 12.1. The average molecular weight is 341 g/mol. The highest BCUT2D eigenvalue weighted by Gasteiger charge is 2.24. The van der Waals surface area contributed by atoms with Crippen LogP contribution in [0, 0.1) is 6.92 Å². The normalized spacial score (nSPS) is 16.8. The minimum atomic E-state index is -0.223. The van der Waals surface area contributed by atoms with Gasteiger partial charge in [0, 0.05) is 23.8 Å². The van der Waals surface area contributed by atoms with Crippen molar-refractivity contribution < 1.29 is 9.59 Å². The Morgan fingerprint density at radius 3 is 2.76 bits per heavy atom. The Morgan fingerprint density at radius 1 is 1.20 bits per heavy atom. The lowest BCUT2D eigenvalue weighted by Crippen LogP contribution is -2.30. The van der Waals surface area contributed by atoms with E-state index in [2.05, 4.69) is 22.0 Å². The van der Waals surface area contributed by atoms with E-state index in [1.165, 1.54) is 18.4 Å². The smallest absolute Gasteiger partial charge is 0.319 e. The number of hydrogen-bond donors (Lipinski definition) is 3. The third kappa shape index (κ3) is 5.34. The second kappa shape index (κ2) is 8.19. The third-order valence-electron chi connectivity index (χ3n) is 4.78. The Morgan fingerprint density at radius 2 is 2.04 bits per heavy atom. The van der Waals surface area contributed by atoms with Gasteiger partial charge in [-0.15, -0.1) is 0 Å². The number of benzene rings is 1. The molecule has 2 aliphatic rings. The number of urea groups is 1. The molecule has 5 heteroatoms. The van der Waals surface area contributed by atoms with Crippen LogP contribution in [0.2, 0.25) is 0 Å². The zero-order valence-corrected chi connectivity index (χ0v) is 14.9. The summed E-state index contributed by atoms with van der Waals surface area (Å²) in [5, 5.41) is 8.74. The van der Waals surface area contributed by atoms with Crippen molar-refractivity contribution in [3.8, 4) is 0 Å². The van der Waals surface area contributed by atoms with E-state index in [4.69, 9.17) is 0 Å². The molecule has 1 saturated carbocycles. The average Bonchev–Trinajstić information content (AvgIpc) is 3.42. The molecule has 134 valence electrons. The largest absolute Gasteiger partial charge is 0.349 e. The molecule has 1 aromatic rings. The van der Waals surface area contributed by atoms with Crippen molar-refractivity contribution >= 4 is 17.6 Å². The standard InChI is InChI=1S/C20H27N3O2/c1-14-7-8-16(19(24)22-17-9-10-17)13-18(14)23-20(25)21-12-11-15-5-3-2-4-6-15/h5,7-8,13,17H,2-4,6,9-12H2,1H3,(H,22,24)(H2,21,23,25). The monoisotopic (exact) mass is 341 g/mol. The number of amides is 3. The van der Waals surface area contributed by atoms with Crippen molar-refractivity contribution in [1.82, 2.24) is 10.6 Å². The Labute approximate surface area is 149 Å². The highest BCUT2D eigenvalue weighted by atomic mass is 16.2. The molecule has 3 N–H and O–H groups in total. The van der Waals surface area contributed by atoms with Crippen LogP contribution in [0.4, 0.5) is 10.5 Å². The molecule has 25 heavy (non-hydrogen) atoms. The molecule has 0 unspecified atom stereocenters. The summed E-state index contributed by atoms with van der Waals surface area (Å²) in [6.07, 6.45) is 10.2. The first-order valence-electron chi connectivity index (χ1n) is 9.26. The first kappa shape index (κ1) is 17.5. The predicted molar refractivity (Wildman–Crippen MR) is 99.9 cm³/mol. The zero-order chi connectivity index (χ0) is 17.6. The van der Waals surface area contributed by atoms with Gasteiger partial charge in [-0.2, -0.15) is 0 Å². The van der Waals surface area contributed by atoms with E-state index in [0.29, 0.717) is 23.8 Å². The third-order valence-corrected chi connectivity index (χ3v) is 4.78. The van der Waals surface area contributed by atoms with Crippen LogP contribution in [0.5, 0.6) is 0 Å². The molecular formula is C20H27N3O2. The molecule has 0 radical (unpaired) electrons. The summed E-state index contributed by atoms with van der Waals surface area (Å²) in [5.41, 5.74) is 3.65. The fourth-order valence-corrected chi connectivity index (χ4v) is 3.03. The number of rotatable bonds is 6. The predicted octanol–water partition coefficient (Wildman–Crippen LogP) is 3.90. The Balaban J connectivity index is 1.51. The van der Waals surface area contributed by atoms with Gasteiger partial charge in [-0.25, -0.2) is 4.79 Å². The number of allylic oxidation sites excluding steroid dienone is 1. The molecule has 0 heterocycles. The number of anilines is 1. The molecule has 0 saturated heterocycles. The van der Waals surface area contributed by atoms with E-state index in [0.717, 1.165) is 37.7 Å². The van der Waals surface area contributed by atoms with E-state index >= 15 is 0 Å². The maximum absolute atomic E-state index is 12.1. The topological polar surface area (TPSA) is 70.2 Å². The van der Waals surface area contributed by atoms with Crippen LogP contribution >= 0.6 is 0 Å². The van der Waals surface area contributed by atoms with Crippen molar-refractivity contribution in [2.24, 2.45) is 0 Å². The van der Waals surface area contributed by atoms with Crippen LogP contribution in [-0.4, -0.2) is 24.5 Å². The molecule has 0 aliphatic heterocycles. The number of carbonyl (C=O) groups is 2. The van der Waals surface area contributed by atoms with Crippen LogP contribution < -0.4 is 16.0 Å². The summed E-state index contributed by atoms with van der Waals surface area (Å²) in [6, 6.07) is 5.51. The second-order valence-electron chi connectivity index (χ2n) is 7.02. The quantitative estimate of drug-likeness (QED) is 0.687. The Hall–Kier alpha value is -2.30. The number of aryl methyl sites for hydroxylation is 1. The van der Waals surface area contributed by atoms with Crippen molar-refractivity contribution in [2.45, 2.75) is 57.9 Å². The highest BCUT2D eigenvalue weighted by Crippen LogP contribution is 2.22. The minimum absolute atomic E-state index is 0.0739. The SMILES string of the molecule is Cc1ccc(C(=O)NC2CC2)cc1NC(=O)NCCC1=CCCCC1. The summed E-state index contributed by atoms with van der Waals surface area (Å²) >= 11 is 0. The lowest BCUT2D eigenvalue weighted by atomic mass is 9.97. The fourth-order valence-electron chi connectivity index (χ4n) is 3.03. The van der Waals surface area contributed by atoms with Gasteiger partial charge < -0.3 is 16.0 Å². The molecular weight excluding hydrogens is 314 g/mol. The van der Waals surface area contributed by atoms with Crippen LogP contribution in [0.25, 0.3) is 0 Å². The van der Waals surface area contributed by atoms with Crippen molar-refractivity contribution in [1.29, 1.82) is 0 Å². The molecule has 0 atom stereocenters. The van der Waals surface area contributed by atoms with Crippen LogP contribution in [-0.2, 0) is 0 Å². The van der Waals surface area contributed by atoms with Gasteiger partial charge >= 0.3 is 6.03 Å². The molecule has 3 rings (SSSR count).